The van der Waals surface area contributed by atoms with Crippen molar-refractivity contribution < 1.29 is 5.11 Å². The Hall–Kier alpha value is -0.0400. The van der Waals surface area contributed by atoms with E-state index in [1.54, 1.807) is 0 Å². The number of hydrogen-bond acceptors (Lipinski definition) is 1. The van der Waals surface area contributed by atoms with Gasteiger partial charge in [0.1, 0.15) is 0 Å². The fraction of sp³-hybridized carbons (Fsp3) is 1.00. The zero-order valence-electron chi connectivity index (χ0n) is 13.1. The summed E-state index contributed by atoms with van der Waals surface area (Å²) < 4.78 is 0. The van der Waals surface area contributed by atoms with Crippen LogP contribution < -0.4 is 0 Å². The van der Waals surface area contributed by atoms with Gasteiger partial charge >= 0.3 is 0 Å². The van der Waals surface area contributed by atoms with Gasteiger partial charge in [-0.1, -0.05) is 32.6 Å². The van der Waals surface area contributed by atoms with Crippen LogP contribution in [-0.2, 0) is 0 Å². The standard InChI is InChI=1S/C19H32O/c1-2-14-5-3-4-6-17(14)19(20)18-15-8-12-7-13(10-15)11-16(18)9-12/h12-20H,2-11H2,1H3. The van der Waals surface area contributed by atoms with Gasteiger partial charge in [0.2, 0.25) is 0 Å². The van der Waals surface area contributed by atoms with Crippen LogP contribution in [0.1, 0.15) is 71.1 Å². The fourth-order valence-corrected chi connectivity index (χ4v) is 7.00. The van der Waals surface area contributed by atoms with E-state index in [0.717, 1.165) is 29.6 Å². The van der Waals surface area contributed by atoms with Crippen LogP contribution in [0.2, 0.25) is 0 Å². The number of aliphatic hydroxyl groups excluding tert-OH is 1. The first-order chi connectivity index (χ1) is 9.76. The molecule has 114 valence electrons. The van der Waals surface area contributed by atoms with Gasteiger partial charge in [-0.05, 0) is 80.0 Å². The van der Waals surface area contributed by atoms with Crippen molar-refractivity contribution in [3.8, 4) is 0 Å². The average molecular weight is 276 g/mol. The van der Waals surface area contributed by atoms with Crippen molar-refractivity contribution in [1.82, 2.24) is 0 Å². The lowest BCUT2D eigenvalue weighted by molar-refractivity contribution is -0.117. The van der Waals surface area contributed by atoms with E-state index >= 15 is 0 Å². The summed E-state index contributed by atoms with van der Waals surface area (Å²) in [5.41, 5.74) is 0. The van der Waals surface area contributed by atoms with Gasteiger partial charge in [0.15, 0.2) is 0 Å². The van der Waals surface area contributed by atoms with Crippen molar-refractivity contribution in [1.29, 1.82) is 0 Å². The molecule has 5 saturated carbocycles. The van der Waals surface area contributed by atoms with Crippen LogP contribution in [0.25, 0.3) is 0 Å². The highest BCUT2D eigenvalue weighted by atomic mass is 16.3. The Kier molecular flexibility index (Phi) is 3.61. The average Bonchev–Trinajstić information content (AvgIpc) is 2.46. The van der Waals surface area contributed by atoms with Crippen molar-refractivity contribution in [2.24, 2.45) is 41.4 Å². The van der Waals surface area contributed by atoms with Crippen LogP contribution in [0.4, 0.5) is 0 Å². The van der Waals surface area contributed by atoms with Crippen molar-refractivity contribution in [2.75, 3.05) is 0 Å². The highest BCUT2D eigenvalue weighted by Crippen LogP contribution is 2.58. The number of hydrogen-bond donors (Lipinski definition) is 1. The maximum absolute atomic E-state index is 11.2. The van der Waals surface area contributed by atoms with E-state index < -0.39 is 0 Å². The molecule has 3 atom stereocenters. The maximum atomic E-state index is 11.2. The Morgan fingerprint density at radius 1 is 0.900 bits per heavy atom. The summed E-state index contributed by atoms with van der Waals surface area (Å²) in [6.45, 7) is 2.34. The van der Waals surface area contributed by atoms with E-state index in [1.165, 1.54) is 64.2 Å². The number of aliphatic hydroxyl groups is 1. The molecule has 5 fully saturated rings. The molecule has 0 aliphatic heterocycles. The summed E-state index contributed by atoms with van der Waals surface area (Å²) in [4.78, 5) is 0. The molecule has 0 spiro atoms. The second-order valence-electron chi connectivity index (χ2n) is 8.62. The lowest BCUT2D eigenvalue weighted by Crippen LogP contribution is -2.52. The maximum Gasteiger partial charge on any atom is 0.0604 e. The second-order valence-corrected chi connectivity index (χ2v) is 8.62. The first kappa shape index (κ1) is 13.6. The van der Waals surface area contributed by atoms with Crippen LogP contribution in [0.15, 0.2) is 0 Å². The molecule has 5 rings (SSSR count). The molecule has 0 radical (unpaired) electrons. The molecule has 20 heavy (non-hydrogen) atoms. The summed E-state index contributed by atoms with van der Waals surface area (Å²) in [6.07, 6.45) is 14.1. The molecule has 5 aliphatic carbocycles. The molecule has 5 aliphatic rings. The van der Waals surface area contributed by atoms with E-state index in [4.69, 9.17) is 0 Å². The minimum atomic E-state index is 0.0373. The monoisotopic (exact) mass is 276 g/mol. The normalized spacial score (nSPS) is 52.2. The van der Waals surface area contributed by atoms with E-state index in [0.29, 0.717) is 11.8 Å². The predicted molar refractivity (Wildman–Crippen MR) is 82.3 cm³/mol. The number of rotatable bonds is 3. The second kappa shape index (κ2) is 5.30. The van der Waals surface area contributed by atoms with E-state index in [2.05, 4.69) is 6.92 Å². The Labute approximate surface area is 124 Å². The highest BCUT2D eigenvalue weighted by Gasteiger charge is 2.52. The summed E-state index contributed by atoms with van der Waals surface area (Å²) in [5, 5.41) is 11.2. The van der Waals surface area contributed by atoms with Gasteiger partial charge in [0.25, 0.3) is 0 Å². The smallest absolute Gasteiger partial charge is 0.0604 e. The van der Waals surface area contributed by atoms with Gasteiger partial charge < -0.3 is 5.11 Å². The molecule has 1 heteroatoms. The molecule has 3 unspecified atom stereocenters. The minimum Gasteiger partial charge on any atom is -0.393 e. The van der Waals surface area contributed by atoms with E-state index in [1.807, 2.05) is 0 Å². The van der Waals surface area contributed by atoms with E-state index in [-0.39, 0.29) is 6.10 Å². The van der Waals surface area contributed by atoms with Gasteiger partial charge in [-0.2, -0.15) is 0 Å². The molecule has 1 N–H and O–H groups in total. The summed E-state index contributed by atoms with van der Waals surface area (Å²) in [5.74, 6) is 5.98. The largest absolute Gasteiger partial charge is 0.393 e. The lowest BCUT2D eigenvalue weighted by Gasteiger charge is -2.57. The van der Waals surface area contributed by atoms with Crippen molar-refractivity contribution in [3.05, 3.63) is 0 Å². The molecule has 0 aromatic rings. The van der Waals surface area contributed by atoms with Crippen molar-refractivity contribution >= 4 is 0 Å². The van der Waals surface area contributed by atoms with Crippen LogP contribution in [0.5, 0.6) is 0 Å². The van der Waals surface area contributed by atoms with Crippen molar-refractivity contribution in [3.63, 3.8) is 0 Å². The third-order valence-electron chi connectivity index (χ3n) is 7.62. The zero-order chi connectivity index (χ0) is 13.7. The van der Waals surface area contributed by atoms with E-state index in [9.17, 15) is 5.11 Å². The highest BCUT2D eigenvalue weighted by molar-refractivity contribution is 5.01. The first-order valence-electron chi connectivity index (χ1n) is 9.44. The predicted octanol–water partition coefficient (Wildman–Crippen LogP) is 4.64. The van der Waals surface area contributed by atoms with Gasteiger partial charge in [0, 0.05) is 0 Å². The first-order valence-corrected chi connectivity index (χ1v) is 9.44. The molecular weight excluding hydrogens is 244 g/mol. The zero-order valence-corrected chi connectivity index (χ0v) is 13.1. The van der Waals surface area contributed by atoms with Gasteiger partial charge in [-0.25, -0.2) is 0 Å². The molecule has 4 bridgehead atoms. The van der Waals surface area contributed by atoms with Crippen LogP contribution in [0.3, 0.4) is 0 Å². The van der Waals surface area contributed by atoms with Crippen molar-refractivity contribution in [2.45, 2.75) is 77.2 Å². The quantitative estimate of drug-likeness (QED) is 0.796. The Morgan fingerprint density at radius 3 is 2.10 bits per heavy atom. The summed E-state index contributed by atoms with van der Waals surface area (Å²) in [7, 11) is 0. The summed E-state index contributed by atoms with van der Waals surface area (Å²) >= 11 is 0. The Bertz CT molecular complexity index is 322. The molecule has 0 heterocycles. The van der Waals surface area contributed by atoms with Gasteiger partial charge in [0.05, 0.1) is 6.10 Å². The third-order valence-corrected chi connectivity index (χ3v) is 7.62. The van der Waals surface area contributed by atoms with Crippen LogP contribution in [0, 0.1) is 41.4 Å². The lowest BCUT2D eigenvalue weighted by atomic mass is 9.49. The van der Waals surface area contributed by atoms with Crippen LogP contribution >= 0.6 is 0 Å². The fourth-order valence-electron chi connectivity index (χ4n) is 7.00. The molecular formula is C19H32O. The molecule has 0 aromatic carbocycles. The van der Waals surface area contributed by atoms with Crippen LogP contribution in [-0.4, -0.2) is 11.2 Å². The van der Waals surface area contributed by atoms with Gasteiger partial charge in [-0.15, -0.1) is 0 Å². The summed E-state index contributed by atoms with van der Waals surface area (Å²) in [6, 6.07) is 0. The molecule has 0 amide bonds. The topological polar surface area (TPSA) is 20.2 Å². The minimum absolute atomic E-state index is 0.0373. The molecule has 0 aromatic heterocycles. The third kappa shape index (κ3) is 2.16. The Balaban J connectivity index is 1.51. The Morgan fingerprint density at radius 2 is 1.50 bits per heavy atom. The molecule has 0 saturated heterocycles. The van der Waals surface area contributed by atoms with Gasteiger partial charge in [-0.3, -0.25) is 0 Å². The molecule has 1 nitrogen and oxygen atoms in total. The SMILES string of the molecule is CCC1CCCCC1C(O)C1C2CC3CC(C2)CC1C3.